The Hall–Kier alpha value is -0.870. The van der Waals surface area contributed by atoms with Crippen LogP contribution in [-0.2, 0) is 10.1 Å². The van der Waals surface area contributed by atoms with Gasteiger partial charge in [-0.05, 0) is 12.1 Å². The number of rotatable bonds is 18. The van der Waals surface area contributed by atoms with E-state index in [0.717, 1.165) is 0 Å². The van der Waals surface area contributed by atoms with Crippen LogP contribution in [-0.4, -0.2) is 13.0 Å². The maximum absolute atomic E-state index is 10.4. The fourth-order valence-corrected chi connectivity index (χ4v) is 4.07. The molecule has 0 aliphatic carbocycles. The lowest BCUT2D eigenvalue weighted by atomic mass is 10.0. The van der Waals surface area contributed by atoms with Crippen LogP contribution >= 0.6 is 0 Å². The van der Waals surface area contributed by atoms with E-state index in [9.17, 15) is 8.42 Å². The Balaban J connectivity index is 0.000000696. The molecule has 1 rings (SSSR count). The lowest BCUT2D eigenvalue weighted by molar-refractivity contribution is 0.483. The Bertz CT molecular complexity index is 537. The van der Waals surface area contributed by atoms with Gasteiger partial charge in [0.2, 0.25) is 0 Å². The number of hydrogen-bond donors (Lipinski definition) is 1. The van der Waals surface area contributed by atoms with Crippen molar-refractivity contribution in [2.75, 3.05) is 0 Å². The summed E-state index contributed by atoms with van der Waals surface area (Å²) in [5.41, 5.74) is 0. The molecule has 4 heteroatoms. The van der Waals surface area contributed by atoms with Gasteiger partial charge in [-0.15, -0.1) is 0 Å². The lowest BCUT2D eigenvalue weighted by Crippen LogP contribution is -1.96. The molecular formula is C26H48O3S. The van der Waals surface area contributed by atoms with Gasteiger partial charge in [0, 0.05) is 0 Å². The molecule has 0 aromatic heterocycles. The molecule has 0 amide bonds. The average Bonchev–Trinajstić information content (AvgIpc) is 2.74. The highest BCUT2D eigenvalue weighted by Crippen LogP contribution is 2.14. The summed E-state index contributed by atoms with van der Waals surface area (Å²) in [5, 5.41) is 0. The van der Waals surface area contributed by atoms with E-state index in [2.05, 4.69) is 13.8 Å². The van der Waals surface area contributed by atoms with Gasteiger partial charge in [0.25, 0.3) is 10.1 Å². The topological polar surface area (TPSA) is 54.4 Å². The third-order valence-electron chi connectivity index (χ3n) is 5.50. The van der Waals surface area contributed by atoms with Crippen LogP contribution in [0.5, 0.6) is 0 Å². The number of benzene rings is 1. The fourth-order valence-electron chi connectivity index (χ4n) is 3.57. The van der Waals surface area contributed by atoms with Crippen molar-refractivity contribution >= 4 is 10.1 Å². The molecule has 1 aromatic rings. The largest absolute Gasteiger partial charge is 0.294 e. The van der Waals surface area contributed by atoms with Gasteiger partial charge in [-0.25, -0.2) is 0 Å². The first kappa shape index (κ1) is 29.1. The zero-order chi connectivity index (χ0) is 22.3. The van der Waals surface area contributed by atoms with Crippen LogP contribution in [0.4, 0.5) is 0 Å². The van der Waals surface area contributed by atoms with Crippen molar-refractivity contribution in [1.29, 1.82) is 0 Å². The Labute approximate surface area is 187 Å². The Morgan fingerprint density at radius 1 is 0.533 bits per heavy atom. The maximum atomic E-state index is 10.4. The highest BCUT2D eigenvalue weighted by molar-refractivity contribution is 7.85. The molecule has 0 unspecified atom stereocenters. The fraction of sp³-hybridized carbons (Fsp3) is 0.769. The van der Waals surface area contributed by atoms with E-state index in [1.165, 1.54) is 128 Å². The van der Waals surface area contributed by atoms with Gasteiger partial charge in [0.05, 0.1) is 4.90 Å². The summed E-state index contributed by atoms with van der Waals surface area (Å²) in [5.74, 6) is 0. The molecular weight excluding hydrogens is 392 g/mol. The average molecular weight is 441 g/mol. The van der Waals surface area contributed by atoms with Crippen LogP contribution in [0.25, 0.3) is 0 Å². The standard InChI is InChI=1S/C20H42.C6H6O3S/c1-3-5-7-9-11-13-15-17-19-20-18-16-14-12-10-8-6-4-2;7-10(8,9)6-4-2-1-3-5-6/h3-20H2,1-2H3;1-5H,(H,7,8,9). The summed E-state index contributed by atoms with van der Waals surface area (Å²) < 4.78 is 29.2. The van der Waals surface area contributed by atoms with Crippen molar-refractivity contribution in [3.63, 3.8) is 0 Å². The SMILES string of the molecule is CCCCCCCCCCCCCCCCCCCC.O=S(=O)(O)c1ccccc1. The summed E-state index contributed by atoms with van der Waals surface area (Å²) in [6, 6.07) is 7.42. The van der Waals surface area contributed by atoms with Crippen molar-refractivity contribution < 1.29 is 13.0 Å². The monoisotopic (exact) mass is 440 g/mol. The second-order valence-corrected chi connectivity index (χ2v) is 9.87. The first-order chi connectivity index (χ1) is 14.5. The highest BCUT2D eigenvalue weighted by atomic mass is 32.2. The van der Waals surface area contributed by atoms with Gasteiger partial charge in [-0.2, -0.15) is 8.42 Å². The third kappa shape index (κ3) is 20.4. The van der Waals surface area contributed by atoms with Crippen molar-refractivity contribution in [1.82, 2.24) is 0 Å². The van der Waals surface area contributed by atoms with Gasteiger partial charge in [0.1, 0.15) is 0 Å². The molecule has 0 heterocycles. The Kier molecular flexibility index (Phi) is 20.7. The Morgan fingerprint density at radius 3 is 1.00 bits per heavy atom. The summed E-state index contributed by atoms with van der Waals surface area (Å²) in [7, 11) is -4.00. The molecule has 0 saturated carbocycles. The molecule has 3 nitrogen and oxygen atoms in total. The molecule has 0 bridgehead atoms. The van der Waals surface area contributed by atoms with Gasteiger partial charge in [-0.3, -0.25) is 4.55 Å². The van der Waals surface area contributed by atoms with Crippen molar-refractivity contribution in [3.8, 4) is 0 Å². The third-order valence-corrected chi connectivity index (χ3v) is 6.37. The Morgan fingerprint density at radius 2 is 0.800 bits per heavy atom. The van der Waals surface area contributed by atoms with Crippen LogP contribution in [0.2, 0.25) is 0 Å². The summed E-state index contributed by atoms with van der Waals surface area (Å²) >= 11 is 0. The molecule has 0 spiro atoms. The van der Waals surface area contributed by atoms with Crippen LogP contribution in [0, 0.1) is 0 Å². The minimum atomic E-state index is -4.00. The van der Waals surface area contributed by atoms with E-state index in [1.807, 2.05) is 0 Å². The van der Waals surface area contributed by atoms with Crippen LogP contribution < -0.4 is 0 Å². The summed E-state index contributed by atoms with van der Waals surface area (Å²) in [6.45, 7) is 4.59. The minimum Gasteiger partial charge on any atom is -0.282 e. The van der Waals surface area contributed by atoms with E-state index in [-0.39, 0.29) is 4.90 Å². The molecule has 0 radical (unpaired) electrons. The van der Waals surface area contributed by atoms with Gasteiger partial charge < -0.3 is 0 Å². The smallest absolute Gasteiger partial charge is 0.282 e. The molecule has 0 fully saturated rings. The number of unbranched alkanes of at least 4 members (excludes halogenated alkanes) is 17. The molecule has 0 aliphatic rings. The quantitative estimate of drug-likeness (QED) is 0.183. The normalized spacial score (nSPS) is 11.2. The predicted molar refractivity (Wildman–Crippen MR) is 131 cm³/mol. The van der Waals surface area contributed by atoms with E-state index < -0.39 is 10.1 Å². The van der Waals surface area contributed by atoms with Gasteiger partial charge in [-0.1, -0.05) is 148 Å². The molecule has 1 aromatic carbocycles. The van der Waals surface area contributed by atoms with Gasteiger partial charge in [0.15, 0.2) is 0 Å². The molecule has 176 valence electrons. The molecule has 0 aliphatic heterocycles. The van der Waals surface area contributed by atoms with E-state index in [1.54, 1.807) is 18.2 Å². The minimum absolute atomic E-state index is 0.0741. The number of hydrogen-bond acceptors (Lipinski definition) is 2. The van der Waals surface area contributed by atoms with Crippen molar-refractivity contribution in [2.45, 2.75) is 134 Å². The molecule has 30 heavy (non-hydrogen) atoms. The van der Waals surface area contributed by atoms with E-state index >= 15 is 0 Å². The zero-order valence-corrected chi connectivity index (χ0v) is 20.6. The first-order valence-electron chi connectivity index (χ1n) is 12.5. The molecule has 1 N–H and O–H groups in total. The van der Waals surface area contributed by atoms with Crippen molar-refractivity contribution in [3.05, 3.63) is 30.3 Å². The first-order valence-corrected chi connectivity index (χ1v) is 14.0. The predicted octanol–water partition coefficient (Wildman–Crippen LogP) is 8.98. The highest BCUT2D eigenvalue weighted by Gasteiger charge is 2.05. The molecule has 0 atom stereocenters. The lowest BCUT2D eigenvalue weighted by Gasteiger charge is -2.03. The van der Waals surface area contributed by atoms with E-state index in [4.69, 9.17) is 4.55 Å². The van der Waals surface area contributed by atoms with Crippen LogP contribution in [0.3, 0.4) is 0 Å². The second-order valence-electron chi connectivity index (χ2n) is 8.44. The summed E-state index contributed by atoms with van der Waals surface area (Å²) in [4.78, 5) is -0.0741. The van der Waals surface area contributed by atoms with E-state index in [0.29, 0.717) is 0 Å². The van der Waals surface area contributed by atoms with Crippen LogP contribution in [0.1, 0.15) is 129 Å². The second kappa shape index (κ2) is 21.4. The van der Waals surface area contributed by atoms with Gasteiger partial charge >= 0.3 is 0 Å². The zero-order valence-electron chi connectivity index (χ0n) is 19.8. The van der Waals surface area contributed by atoms with Crippen LogP contribution in [0.15, 0.2) is 35.2 Å². The maximum Gasteiger partial charge on any atom is 0.294 e. The van der Waals surface area contributed by atoms with Crippen molar-refractivity contribution in [2.24, 2.45) is 0 Å². The summed E-state index contributed by atoms with van der Waals surface area (Å²) in [6.07, 6.45) is 26.4. The molecule has 0 saturated heterocycles.